The number of carbonyl (C=O) groups is 1. The van der Waals surface area contributed by atoms with Gasteiger partial charge in [-0.2, -0.15) is 5.10 Å². The minimum absolute atomic E-state index is 0.0434. The lowest BCUT2D eigenvalue weighted by Gasteiger charge is -2.41. The Morgan fingerprint density at radius 3 is 2.56 bits per heavy atom. The van der Waals surface area contributed by atoms with Crippen LogP contribution in [0.2, 0.25) is 0 Å². The van der Waals surface area contributed by atoms with Gasteiger partial charge >= 0.3 is 0 Å². The van der Waals surface area contributed by atoms with E-state index in [2.05, 4.69) is 10.1 Å². The molecule has 0 saturated heterocycles. The first-order valence-electron chi connectivity index (χ1n) is 10.8. The van der Waals surface area contributed by atoms with Gasteiger partial charge in [-0.05, 0) is 31.9 Å². The number of carbonyl (C=O) groups excluding carboxylic acids is 1. The maximum atomic E-state index is 16.0. The summed E-state index contributed by atoms with van der Waals surface area (Å²) in [4.78, 5) is 16.8. The highest BCUT2D eigenvalue weighted by Crippen LogP contribution is 2.44. The number of primary amides is 1. The van der Waals surface area contributed by atoms with E-state index in [-0.39, 0.29) is 34.2 Å². The molecule has 4 aromatic rings. The highest BCUT2D eigenvalue weighted by atomic mass is 19.1. The molecule has 0 radical (unpaired) electrons. The van der Waals surface area contributed by atoms with Gasteiger partial charge in [0, 0.05) is 22.6 Å². The van der Waals surface area contributed by atoms with E-state index in [1.807, 2.05) is 30.3 Å². The predicted molar refractivity (Wildman–Crippen MR) is 127 cm³/mol. The summed E-state index contributed by atoms with van der Waals surface area (Å²) >= 11 is 0. The summed E-state index contributed by atoms with van der Waals surface area (Å²) in [7, 11) is 1.51. The van der Waals surface area contributed by atoms with Gasteiger partial charge in [0.2, 0.25) is 0 Å². The number of pyridine rings is 1. The summed E-state index contributed by atoms with van der Waals surface area (Å²) in [5.74, 6) is -0.966. The van der Waals surface area contributed by atoms with Gasteiger partial charge in [0.1, 0.15) is 28.3 Å². The fraction of sp³-hybridized carbons (Fsp3) is 0.240. The standard InChI is InChI=1S/C25H24FN5O3/c1-25(33)11-14(12-25)31-23(27)19(24(28)32)21(30-31)16-9-8-15-18(34-2)10-17(29-22(15)20(16)26)13-6-4-3-5-7-13/h3-10,14,33H,11-12,27H2,1-2H3,(H2,28,32)/t14-,25+. The largest absolute Gasteiger partial charge is 0.496 e. The molecule has 1 amide bonds. The Morgan fingerprint density at radius 1 is 1.24 bits per heavy atom. The van der Waals surface area contributed by atoms with Crippen molar-refractivity contribution in [3.05, 3.63) is 59.9 Å². The van der Waals surface area contributed by atoms with Crippen molar-refractivity contribution in [2.45, 2.75) is 31.4 Å². The predicted octanol–water partition coefficient (Wildman–Crippen LogP) is 3.68. The monoisotopic (exact) mass is 461 g/mol. The van der Waals surface area contributed by atoms with Gasteiger partial charge < -0.3 is 21.3 Å². The van der Waals surface area contributed by atoms with Crippen molar-refractivity contribution in [3.8, 4) is 28.3 Å². The van der Waals surface area contributed by atoms with Gasteiger partial charge in [0.05, 0.1) is 24.4 Å². The van der Waals surface area contributed by atoms with Crippen molar-refractivity contribution in [3.63, 3.8) is 0 Å². The van der Waals surface area contributed by atoms with Crippen LogP contribution in [-0.4, -0.2) is 38.5 Å². The number of methoxy groups -OCH3 is 1. The van der Waals surface area contributed by atoms with E-state index >= 15 is 4.39 Å². The maximum Gasteiger partial charge on any atom is 0.254 e. The zero-order valence-corrected chi connectivity index (χ0v) is 18.7. The van der Waals surface area contributed by atoms with Crippen molar-refractivity contribution in [1.29, 1.82) is 0 Å². The third-order valence-electron chi connectivity index (χ3n) is 6.32. The van der Waals surface area contributed by atoms with Crippen LogP contribution in [0.3, 0.4) is 0 Å². The average Bonchev–Trinajstić information content (AvgIpc) is 3.14. The first-order chi connectivity index (χ1) is 16.2. The second-order valence-corrected chi connectivity index (χ2v) is 8.88. The first kappa shape index (κ1) is 21.8. The lowest BCUT2D eigenvalue weighted by Crippen LogP contribution is -2.42. The Balaban J connectivity index is 1.70. The Kier molecular flexibility index (Phi) is 5.02. The molecule has 5 N–H and O–H groups in total. The Labute approximate surface area is 195 Å². The molecule has 8 nitrogen and oxygen atoms in total. The molecule has 2 aromatic carbocycles. The summed E-state index contributed by atoms with van der Waals surface area (Å²) < 4.78 is 22.9. The number of rotatable bonds is 5. The number of hydrogen-bond donors (Lipinski definition) is 3. The second kappa shape index (κ2) is 7.81. The normalized spacial score (nSPS) is 19.7. The quantitative estimate of drug-likeness (QED) is 0.416. The number of amides is 1. The molecule has 2 aromatic heterocycles. The number of hydrogen-bond acceptors (Lipinski definition) is 6. The van der Waals surface area contributed by atoms with Crippen LogP contribution in [0.5, 0.6) is 5.75 Å². The lowest BCUT2D eigenvalue weighted by atomic mass is 9.77. The number of anilines is 1. The number of aliphatic hydroxyl groups is 1. The van der Waals surface area contributed by atoms with Crippen molar-refractivity contribution in [1.82, 2.24) is 14.8 Å². The van der Waals surface area contributed by atoms with Crippen LogP contribution in [0.1, 0.15) is 36.2 Å². The van der Waals surface area contributed by atoms with Crippen LogP contribution in [0.4, 0.5) is 10.2 Å². The van der Waals surface area contributed by atoms with Crippen molar-refractivity contribution in [2.75, 3.05) is 12.8 Å². The Bertz CT molecular complexity index is 1420. The van der Waals surface area contributed by atoms with E-state index in [1.165, 1.54) is 17.9 Å². The topological polar surface area (TPSA) is 129 Å². The molecule has 174 valence electrons. The van der Waals surface area contributed by atoms with Crippen LogP contribution in [-0.2, 0) is 0 Å². The summed E-state index contributed by atoms with van der Waals surface area (Å²) in [6, 6.07) is 14.1. The molecular weight excluding hydrogens is 437 g/mol. The summed E-state index contributed by atoms with van der Waals surface area (Å²) in [6.07, 6.45) is 0.825. The van der Waals surface area contributed by atoms with Crippen molar-refractivity contribution in [2.24, 2.45) is 5.73 Å². The van der Waals surface area contributed by atoms with E-state index in [0.717, 1.165) is 5.56 Å². The molecular formula is C25H24FN5O3. The third-order valence-corrected chi connectivity index (χ3v) is 6.32. The molecule has 1 fully saturated rings. The van der Waals surface area contributed by atoms with Crippen LogP contribution >= 0.6 is 0 Å². The fourth-order valence-corrected chi connectivity index (χ4v) is 4.62. The summed E-state index contributed by atoms with van der Waals surface area (Å²) in [5, 5.41) is 15.1. The smallest absolute Gasteiger partial charge is 0.254 e. The van der Waals surface area contributed by atoms with E-state index < -0.39 is 17.3 Å². The average molecular weight is 461 g/mol. The zero-order chi connectivity index (χ0) is 24.2. The molecule has 0 spiro atoms. The molecule has 0 atom stereocenters. The number of nitrogens with zero attached hydrogens (tertiary/aromatic N) is 3. The number of ether oxygens (including phenoxy) is 1. The molecule has 2 heterocycles. The Hall–Kier alpha value is -3.98. The zero-order valence-electron chi connectivity index (χ0n) is 18.7. The number of aromatic nitrogens is 3. The van der Waals surface area contributed by atoms with Crippen molar-refractivity contribution >= 4 is 22.6 Å². The van der Waals surface area contributed by atoms with Gasteiger partial charge in [-0.25, -0.2) is 14.1 Å². The van der Waals surface area contributed by atoms with E-state index in [0.29, 0.717) is 29.7 Å². The molecule has 5 rings (SSSR count). The van der Waals surface area contributed by atoms with Gasteiger partial charge in [-0.1, -0.05) is 30.3 Å². The number of halogens is 1. The van der Waals surface area contributed by atoms with Gasteiger partial charge in [-0.15, -0.1) is 0 Å². The highest BCUT2D eigenvalue weighted by Gasteiger charge is 2.42. The molecule has 0 aliphatic heterocycles. The molecule has 1 saturated carbocycles. The minimum Gasteiger partial charge on any atom is -0.496 e. The number of benzene rings is 2. The van der Waals surface area contributed by atoms with E-state index in [9.17, 15) is 9.90 Å². The van der Waals surface area contributed by atoms with E-state index in [4.69, 9.17) is 16.2 Å². The fourth-order valence-electron chi connectivity index (χ4n) is 4.62. The van der Waals surface area contributed by atoms with Crippen LogP contribution in [0.25, 0.3) is 33.4 Å². The Morgan fingerprint density at radius 2 is 1.94 bits per heavy atom. The molecule has 9 heteroatoms. The molecule has 1 aliphatic rings. The van der Waals surface area contributed by atoms with E-state index in [1.54, 1.807) is 19.1 Å². The third kappa shape index (κ3) is 3.45. The second-order valence-electron chi connectivity index (χ2n) is 8.88. The number of nitrogens with two attached hydrogens (primary N) is 2. The van der Waals surface area contributed by atoms with Crippen molar-refractivity contribution < 1.29 is 19.0 Å². The highest BCUT2D eigenvalue weighted by molar-refractivity contribution is 6.04. The molecule has 0 unspecified atom stereocenters. The van der Waals surface area contributed by atoms with Crippen LogP contribution in [0.15, 0.2) is 48.5 Å². The SMILES string of the molecule is COc1cc(-c2ccccc2)nc2c(F)c(-c3nn([C@H]4C[C@@](C)(O)C4)c(N)c3C(N)=O)ccc12. The van der Waals surface area contributed by atoms with Gasteiger partial charge in [0.15, 0.2) is 5.82 Å². The lowest BCUT2D eigenvalue weighted by molar-refractivity contribution is -0.0535. The number of nitrogen functional groups attached to an aromatic ring is 1. The molecule has 0 bridgehead atoms. The number of fused-ring (bicyclic) bond motifs is 1. The summed E-state index contributed by atoms with van der Waals surface area (Å²) in [6.45, 7) is 1.71. The minimum atomic E-state index is -0.835. The van der Waals surface area contributed by atoms with Gasteiger partial charge in [0.25, 0.3) is 5.91 Å². The maximum absolute atomic E-state index is 16.0. The van der Waals surface area contributed by atoms with Gasteiger partial charge in [-0.3, -0.25) is 4.79 Å². The van der Waals surface area contributed by atoms with Crippen LogP contribution in [0, 0.1) is 5.82 Å². The first-order valence-corrected chi connectivity index (χ1v) is 10.8. The molecule has 1 aliphatic carbocycles. The summed E-state index contributed by atoms with van der Waals surface area (Å²) in [5.41, 5.74) is 12.4. The molecule has 34 heavy (non-hydrogen) atoms. The van der Waals surface area contributed by atoms with Crippen LogP contribution < -0.4 is 16.2 Å².